The normalized spacial score (nSPS) is 15.5. The molecule has 2 aromatic rings. The first-order chi connectivity index (χ1) is 13.0. The third-order valence-corrected chi connectivity index (χ3v) is 5.30. The molecule has 0 aliphatic carbocycles. The Bertz CT molecular complexity index is 908. The van der Waals surface area contributed by atoms with E-state index in [0.717, 1.165) is 23.2 Å². The van der Waals surface area contributed by atoms with E-state index in [0.29, 0.717) is 27.3 Å². The van der Waals surface area contributed by atoms with Crippen molar-refractivity contribution < 1.29 is 14.3 Å². The number of aryl methyl sites for hydroxylation is 1. The summed E-state index contributed by atoms with van der Waals surface area (Å²) < 4.78 is 11.6. The summed E-state index contributed by atoms with van der Waals surface area (Å²) in [6.07, 6.45) is 2.76. The molecule has 0 saturated carbocycles. The van der Waals surface area contributed by atoms with Gasteiger partial charge in [0.25, 0.3) is 5.91 Å². The monoisotopic (exact) mass is 399 g/mol. The van der Waals surface area contributed by atoms with Gasteiger partial charge in [-0.2, -0.15) is 0 Å². The molecule has 1 heterocycles. The van der Waals surface area contributed by atoms with Crippen molar-refractivity contribution in [2.75, 3.05) is 18.6 Å². The van der Waals surface area contributed by atoms with Crippen LogP contribution in [0.1, 0.15) is 24.5 Å². The Kier molecular flexibility index (Phi) is 6.19. The summed E-state index contributed by atoms with van der Waals surface area (Å²) >= 11 is 6.74. The van der Waals surface area contributed by atoms with Crippen molar-refractivity contribution in [3.63, 3.8) is 0 Å². The Labute approximate surface area is 169 Å². The Morgan fingerprint density at radius 3 is 2.70 bits per heavy atom. The highest BCUT2D eigenvalue weighted by molar-refractivity contribution is 8.27. The second-order valence-corrected chi connectivity index (χ2v) is 7.79. The summed E-state index contributed by atoms with van der Waals surface area (Å²) in [5, 5.41) is 0. The molecule has 1 saturated heterocycles. The molecule has 0 unspecified atom stereocenters. The number of nitrogens with zero attached hydrogens (tertiary/aromatic N) is 1. The van der Waals surface area contributed by atoms with Crippen molar-refractivity contribution in [1.82, 2.24) is 0 Å². The van der Waals surface area contributed by atoms with Gasteiger partial charge in [0, 0.05) is 0 Å². The van der Waals surface area contributed by atoms with E-state index in [9.17, 15) is 4.79 Å². The van der Waals surface area contributed by atoms with Crippen LogP contribution in [0, 0.1) is 6.92 Å². The van der Waals surface area contributed by atoms with Crippen LogP contribution in [0.25, 0.3) is 6.08 Å². The molecule has 6 heteroatoms. The molecule has 0 radical (unpaired) electrons. The largest absolute Gasteiger partial charge is 0.493 e. The van der Waals surface area contributed by atoms with Crippen LogP contribution < -0.4 is 14.4 Å². The number of anilines is 1. The van der Waals surface area contributed by atoms with Crippen molar-refractivity contribution in [3.8, 4) is 11.5 Å². The van der Waals surface area contributed by atoms with Crippen LogP contribution in [0.3, 0.4) is 0 Å². The molecule has 3 rings (SSSR count). The number of thiocarbonyl (C=S) groups is 1. The molecular formula is C21H21NO3S2. The lowest BCUT2D eigenvalue weighted by Gasteiger charge is -2.14. The van der Waals surface area contributed by atoms with E-state index in [1.807, 2.05) is 55.5 Å². The molecule has 2 aromatic carbocycles. The molecular weight excluding hydrogens is 378 g/mol. The van der Waals surface area contributed by atoms with Crippen molar-refractivity contribution in [3.05, 3.63) is 58.5 Å². The van der Waals surface area contributed by atoms with E-state index in [1.54, 1.807) is 12.0 Å². The minimum Gasteiger partial charge on any atom is -0.493 e. The molecule has 1 aliphatic rings. The third kappa shape index (κ3) is 4.34. The minimum atomic E-state index is -0.110. The van der Waals surface area contributed by atoms with E-state index in [2.05, 4.69) is 6.92 Å². The lowest BCUT2D eigenvalue weighted by molar-refractivity contribution is -0.113. The topological polar surface area (TPSA) is 38.8 Å². The van der Waals surface area contributed by atoms with Crippen LogP contribution in [0.15, 0.2) is 47.4 Å². The maximum absolute atomic E-state index is 12.9. The molecule has 4 nitrogen and oxygen atoms in total. The second kappa shape index (κ2) is 8.59. The predicted octanol–water partition coefficient (Wildman–Crippen LogP) is 5.20. The Balaban J connectivity index is 1.87. The number of ether oxygens (including phenoxy) is 2. The number of carbonyl (C=O) groups excluding carboxylic acids is 1. The lowest BCUT2D eigenvalue weighted by Crippen LogP contribution is -2.27. The van der Waals surface area contributed by atoms with Crippen LogP contribution in [-0.4, -0.2) is 23.9 Å². The molecule has 1 amide bonds. The van der Waals surface area contributed by atoms with Gasteiger partial charge in [-0.3, -0.25) is 9.69 Å². The molecule has 0 N–H and O–H groups in total. The van der Waals surface area contributed by atoms with Crippen LogP contribution in [0.4, 0.5) is 5.69 Å². The van der Waals surface area contributed by atoms with Gasteiger partial charge in [0.15, 0.2) is 15.8 Å². The number of methoxy groups -OCH3 is 1. The average molecular weight is 400 g/mol. The van der Waals surface area contributed by atoms with Gasteiger partial charge in [-0.15, -0.1) is 0 Å². The van der Waals surface area contributed by atoms with E-state index in [4.69, 9.17) is 21.7 Å². The van der Waals surface area contributed by atoms with Crippen molar-refractivity contribution in [1.29, 1.82) is 0 Å². The maximum atomic E-state index is 12.9. The molecule has 0 bridgehead atoms. The quantitative estimate of drug-likeness (QED) is 0.493. The summed E-state index contributed by atoms with van der Waals surface area (Å²) in [6.45, 7) is 4.67. The molecule has 0 aromatic heterocycles. The standard InChI is InChI=1S/C21H21NO3S2/c1-4-10-25-17-9-8-15(12-18(17)24-3)13-19-20(23)22(21(26)27-19)16-7-5-6-14(2)11-16/h5-9,11-13H,4,10H2,1-3H3/b19-13+. The van der Waals surface area contributed by atoms with E-state index >= 15 is 0 Å². The molecule has 1 aliphatic heterocycles. The number of hydrogen-bond donors (Lipinski definition) is 0. The first-order valence-corrected chi connectivity index (χ1v) is 9.91. The summed E-state index contributed by atoms with van der Waals surface area (Å²) in [5.74, 6) is 1.23. The number of thioether (sulfide) groups is 1. The number of rotatable bonds is 6. The first-order valence-electron chi connectivity index (χ1n) is 8.69. The number of hydrogen-bond acceptors (Lipinski definition) is 5. The Morgan fingerprint density at radius 1 is 1.19 bits per heavy atom. The van der Waals surface area contributed by atoms with Crippen LogP contribution >= 0.6 is 24.0 Å². The average Bonchev–Trinajstić information content (AvgIpc) is 2.93. The fourth-order valence-electron chi connectivity index (χ4n) is 2.71. The Hall–Kier alpha value is -2.31. The van der Waals surface area contributed by atoms with Crippen LogP contribution in [-0.2, 0) is 4.79 Å². The molecule has 0 spiro atoms. The van der Waals surface area contributed by atoms with Crippen molar-refractivity contribution in [2.45, 2.75) is 20.3 Å². The number of carbonyl (C=O) groups is 1. The summed E-state index contributed by atoms with van der Waals surface area (Å²) in [4.78, 5) is 15.1. The van der Waals surface area contributed by atoms with Gasteiger partial charge in [-0.1, -0.05) is 49.1 Å². The fraction of sp³-hybridized carbons (Fsp3) is 0.238. The van der Waals surface area contributed by atoms with Gasteiger partial charge in [0.05, 0.1) is 24.3 Å². The van der Waals surface area contributed by atoms with E-state index in [1.165, 1.54) is 11.8 Å². The maximum Gasteiger partial charge on any atom is 0.270 e. The van der Waals surface area contributed by atoms with Gasteiger partial charge in [-0.25, -0.2) is 0 Å². The minimum absolute atomic E-state index is 0.110. The zero-order chi connectivity index (χ0) is 19.4. The summed E-state index contributed by atoms with van der Waals surface area (Å²) in [6, 6.07) is 13.4. The second-order valence-electron chi connectivity index (χ2n) is 6.11. The smallest absolute Gasteiger partial charge is 0.270 e. The highest BCUT2D eigenvalue weighted by atomic mass is 32.2. The van der Waals surface area contributed by atoms with Crippen LogP contribution in [0.5, 0.6) is 11.5 Å². The fourth-order valence-corrected chi connectivity index (χ4v) is 4.01. The number of benzene rings is 2. The molecule has 1 fully saturated rings. The highest BCUT2D eigenvalue weighted by Gasteiger charge is 2.33. The van der Waals surface area contributed by atoms with E-state index < -0.39 is 0 Å². The van der Waals surface area contributed by atoms with E-state index in [-0.39, 0.29) is 5.91 Å². The molecule has 0 atom stereocenters. The highest BCUT2D eigenvalue weighted by Crippen LogP contribution is 2.37. The number of amides is 1. The van der Waals surface area contributed by atoms with Gasteiger partial charge < -0.3 is 9.47 Å². The predicted molar refractivity (Wildman–Crippen MR) is 116 cm³/mol. The zero-order valence-electron chi connectivity index (χ0n) is 15.5. The van der Waals surface area contributed by atoms with Crippen LogP contribution in [0.2, 0.25) is 0 Å². The lowest BCUT2D eigenvalue weighted by atomic mass is 10.1. The Morgan fingerprint density at radius 2 is 2.00 bits per heavy atom. The van der Waals surface area contributed by atoms with Crippen molar-refractivity contribution >= 4 is 46.0 Å². The van der Waals surface area contributed by atoms with Gasteiger partial charge in [0.1, 0.15) is 0 Å². The summed E-state index contributed by atoms with van der Waals surface area (Å²) in [5.41, 5.74) is 2.74. The molecule has 140 valence electrons. The van der Waals surface area contributed by atoms with Crippen molar-refractivity contribution in [2.24, 2.45) is 0 Å². The molecule has 27 heavy (non-hydrogen) atoms. The zero-order valence-corrected chi connectivity index (χ0v) is 17.2. The van der Waals surface area contributed by atoms with Gasteiger partial charge in [0.2, 0.25) is 0 Å². The SMILES string of the molecule is CCCOc1ccc(/C=C2/SC(=S)N(c3cccc(C)c3)C2=O)cc1OC. The third-order valence-electron chi connectivity index (χ3n) is 4.00. The first kappa shape index (κ1) is 19.5. The van der Waals surface area contributed by atoms with Gasteiger partial charge in [-0.05, 0) is 54.8 Å². The van der Waals surface area contributed by atoms with Gasteiger partial charge >= 0.3 is 0 Å². The summed E-state index contributed by atoms with van der Waals surface area (Å²) in [7, 11) is 1.61.